The molecule has 0 radical (unpaired) electrons. The molecule has 0 aromatic heterocycles. The van der Waals surface area contributed by atoms with Gasteiger partial charge in [-0.2, -0.15) is 0 Å². The molecular formula is C108H70N4. The van der Waals surface area contributed by atoms with Crippen molar-refractivity contribution in [1.82, 2.24) is 0 Å². The van der Waals surface area contributed by atoms with E-state index in [2.05, 4.69) is 444 Å². The molecule has 0 unspecified atom stereocenters. The largest absolute Gasteiger partial charge is 0.310 e. The summed E-state index contributed by atoms with van der Waals surface area (Å²) >= 11 is 0. The van der Waals surface area contributed by atoms with E-state index in [-0.39, 0.29) is 0 Å². The third kappa shape index (κ3) is 10.7. The van der Waals surface area contributed by atoms with Crippen LogP contribution >= 0.6 is 0 Å². The van der Waals surface area contributed by atoms with E-state index >= 15 is 0 Å². The van der Waals surface area contributed by atoms with Crippen LogP contribution in [0.5, 0.6) is 0 Å². The van der Waals surface area contributed by atoms with Crippen molar-refractivity contribution in [2.45, 2.75) is 0 Å². The van der Waals surface area contributed by atoms with E-state index in [1.54, 1.807) is 0 Å². The molecule has 112 heavy (non-hydrogen) atoms. The Morgan fingerprint density at radius 2 is 0.241 bits per heavy atom. The first-order valence-corrected chi connectivity index (χ1v) is 38.6. The molecule has 0 saturated carbocycles. The standard InChI is InChI=1S/C108H70N4/c1-7-31-85-73(25-1)65-103(97-43-19-13-37-91(85)97)109(81-57-61-83(62-58-81)111(105-67-75-27-3-9-33-87(75)93-39-15-21-45-99(93)105)106-68-76-28-4-10-34-88(76)94-40-16-22-46-100(94)106)79-53-49-71(50-54-79)72-51-55-80(56-52-72)110(104-66-74-26-2-8-32-86(74)92-38-14-20-44-98(92)104)82-59-63-84(64-60-82)112(107-69-77-29-5-11-35-89(77)95-41-17-23-47-101(95)107)108-70-78-30-6-12-36-90(78)96-42-18-24-48-102(96)108/h1-70H. The molecule has 0 aliphatic carbocycles. The summed E-state index contributed by atoms with van der Waals surface area (Å²) in [5.41, 5.74) is 15.2. The first-order valence-electron chi connectivity index (χ1n) is 38.6. The molecule has 4 nitrogen and oxygen atoms in total. The van der Waals surface area contributed by atoms with Crippen molar-refractivity contribution in [2.24, 2.45) is 0 Å². The highest BCUT2D eigenvalue weighted by Gasteiger charge is 2.27. The molecule has 0 aliphatic rings. The summed E-state index contributed by atoms with van der Waals surface area (Å²) in [6, 6.07) is 157. The van der Waals surface area contributed by atoms with Crippen LogP contribution in [0.2, 0.25) is 0 Å². The third-order valence-electron chi connectivity index (χ3n) is 23.2. The van der Waals surface area contributed by atoms with Gasteiger partial charge in [-0.15, -0.1) is 0 Å². The van der Waals surface area contributed by atoms with Crippen LogP contribution < -0.4 is 19.6 Å². The summed E-state index contributed by atoms with van der Waals surface area (Å²) in [5.74, 6) is 0. The van der Waals surface area contributed by atoms with Gasteiger partial charge in [-0.1, -0.05) is 315 Å². The number of nitrogens with zero attached hydrogens (tertiary/aromatic N) is 4. The fraction of sp³-hybridized carbons (Fsp3) is 0. The van der Waals surface area contributed by atoms with Crippen LogP contribution in [0.1, 0.15) is 0 Å². The SMILES string of the molecule is c1ccc2c(c1)cc(N(c1ccc(-c3ccc(N(c4ccc(N(c5cc6ccccc6c6ccccc56)c5cc6ccccc6c6ccccc56)cc4)c4cc5ccccc5c5ccccc45)cc3)cc1)c1ccc(N(c3cc4ccccc4c4ccccc34)c3cc4ccccc4c4ccccc34)cc1)c1ccccc12. The summed E-state index contributed by atoms with van der Waals surface area (Å²) in [5, 5.41) is 28.9. The maximum absolute atomic E-state index is 2.50. The predicted octanol–water partition coefficient (Wildman–Crippen LogP) is 31.1. The van der Waals surface area contributed by atoms with Crippen molar-refractivity contribution in [2.75, 3.05) is 19.6 Å². The second-order valence-corrected chi connectivity index (χ2v) is 29.4. The van der Waals surface area contributed by atoms with E-state index in [9.17, 15) is 0 Å². The van der Waals surface area contributed by atoms with Crippen LogP contribution in [0.4, 0.5) is 68.2 Å². The minimum absolute atomic E-state index is 1.04. The lowest BCUT2D eigenvalue weighted by molar-refractivity contribution is 1.28. The molecule has 22 aromatic rings. The number of hydrogen-bond acceptors (Lipinski definition) is 4. The smallest absolute Gasteiger partial charge is 0.0546 e. The Bertz CT molecular complexity index is 6830. The minimum Gasteiger partial charge on any atom is -0.310 e. The Kier molecular flexibility index (Phi) is 15.2. The molecule has 22 rings (SSSR count). The quantitative estimate of drug-likeness (QED) is 0.107. The Morgan fingerprint density at radius 1 is 0.107 bits per heavy atom. The van der Waals surface area contributed by atoms with Gasteiger partial charge in [0.15, 0.2) is 0 Å². The first kappa shape index (κ1) is 64.3. The van der Waals surface area contributed by atoms with Crippen molar-refractivity contribution < 1.29 is 0 Å². The number of rotatable bonds is 13. The fourth-order valence-corrected chi connectivity index (χ4v) is 18.1. The van der Waals surface area contributed by atoms with Crippen LogP contribution in [-0.2, 0) is 0 Å². The molecule has 22 aromatic carbocycles. The highest BCUT2D eigenvalue weighted by Crippen LogP contribution is 2.52. The van der Waals surface area contributed by atoms with Crippen molar-refractivity contribution in [1.29, 1.82) is 0 Å². The monoisotopic (exact) mass is 1420 g/mol. The second kappa shape index (κ2) is 26.5. The van der Waals surface area contributed by atoms with Gasteiger partial charge in [0.05, 0.1) is 34.1 Å². The van der Waals surface area contributed by atoms with Crippen LogP contribution in [0.3, 0.4) is 0 Å². The van der Waals surface area contributed by atoms with Gasteiger partial charge in [0, 0.05) is 66.4 Å². The lowest BCUT2D eigenvalue weighted by Gasteiger charge is -2.31. The van der Waals surface area contributed by atoms with Gasteiger partial charge >= 0.3 is 0 Å². The van der Waals surface area contributed by atoms with Crippen molar-refractivity contribution in [3.63, 3.8) is 0 Å². The van der Waals surface area contributed by atoms with Crippen molar-refractivity contribution >= 4 is 198 Å². The number of anilines is 12. The molecule has 522 valence electrons. The van der Waals surface area contributed by atoms with Gasteiger partial charge < -0.3 is 19.6 Å². The van der Waals surface area contributed by atoms with Crippen LogP contribution in [0.15, 0.2) is 425 Å². The van der Waals surface area contributed by atoms with Crippen LogP contribution in [-0.4, -0.2) is 0 Å². The van der Waals surface area contributed by atoms with E-state index in [0.29, 0.717) is 0 Å². The summed E-state index contributed by atoms with van der Waals surface area (Å²) in [6.07, 6.45) is 0. The van der Waals surface area contributed by atoms with Gasteiger partial charge in [-0.25, -0.2) is 0 Å². The Balaban J connectivity index is 0.674. The lowest BCUT2D eigenvalue weighted by Crippen LogP contribution is -2.13. The number of hydrogen-bond donors (Lipinski definition) is 0. The molecule has 0 atom stereocenters. The summed E-state index contributed by atoms with van der Waals surface area (Å²) in [4.78, 5) is 9.91. The summed E-state index contributed by atoms with van der Waals surface area (Å²) in [6.45, 7) is 0. The van der Waals surface area contributed by atoms with E-state index in [1.165, 1.54) is 129 Å². The average Bonchev–Trinajstić information content (AvgIpc) is 0.751. The van der Waals surface area contributed by atoms with Crippen molar-refractivity contribution in [3.8, 4) is 11.1 Å². The molecule has 0 fully saturated rings. The Morgan fingerprint density at radius 3 is 0.429 bits per heavy atom. The molecule has 0 aliphatic heterocycles. The Labute approximate surface area is 648 Å². The average molecular weight is 1420 g/mol. The van der Waals surface area contributed by atoms with Gasteiger partial charge in [-0.3, -0.25) is 0 Å². The van der Waals surface area contributed by atoms with Gasteiger partial charge in [0.25, 0.3) is 0 Å². The van der Waals surface area contributed by atoms with Gasteiger partial charge in [0.2, 0.25) is 0 Å². The molecular weight excluding hydrogens is 1350 g/mol. The molecule has 0 bridgehead atoms. The van der Waals surface area contributed by atoms with E-state index in [4.69, 9.17) is 0 Å². The van der Waals surface area contributed by atoms with Gasteiger partial charge in [0.1, 0.15) is 0 Å². The minimum atomic E-state index is 1.04. The van der Waals surface area contributed by atoms with Gasteiger partial charge in [-0.05, 0) is 217 Å². The fourth-order valence-electron chi connectivity index (χ4n) is 18.1. The molecule has 0 spiro atoms. The topological polar surface area (TPSA) is 13.0 Å². The lowest BCUT2D eigenvalue weighted by atomic mass is 9.96. The summed E-state index contributed by atoms with van der Waals surface area (Å²) in [7, 11) is 0. The molecule has 0 amide bonds. The maximum Gasteiger partial charge on any atom is 0.0546 e. The maximum atomic E-state index is 2.50. The van der Waals surface area contributed by atoms with Crippen molar-refractivity contribution in [3.05, 3.63) is 425 Å². The normalized spacial score (nSPS) is 11.8. The molecule has 4 heteroatoms. The zero-order valence-corrected chi connectivity index (χ0v) is 61.2. The third-order valence-corrected chi connectivity index (χ3v) is 23.2. The summed E-state index contributed by atoms with van der Waals surface area (Å²) < 4.78 is 0. The number of fused-ring (bicyclic) bond motifs is 18. The molecule has 0 N–H and O–H groups in total. The highest BCUT2D eigenvalue weighted by atomic mass is 15.2. The number of benzene rings is 22. The van der Waals surface area contributed by atoms with E-state index in [1.807, 2.05) is 0 Å². The van der Waals surface area contributed by atoms with Crippen LogP contribution in [0.25, 0.3) is 140 Å². The van der Waals surface area contributed by atoms with E-state index < -0.39 is 0 Å². The zero-order chi connectivity index (χ0) is 73.7. The van der Waals surface area contributed by atoms with E-state index in [0.717, 1.165) is 79.4 Å². The van der Waals surface area contributed by atoms with Crippen LogP contribution in [0, 0.1) is 0 Å². The Hall–Kier alpha value is -14.8. The molecule has 0 saturated heterocycles. The molecule has 0 heterocycles. The first-order chi connectivity index (χ1) is 55.6. The zero-order valence-electron chi connectivity index (χ0n) is 61.2. The predicted molar refractivity (Wildman–Crippen MR) is 481 cm³/mol. The highest BCUT2D eigenvalue weighted by molar-refractivity contribution is 6.22. The second-order valence-electron chi connectivity index (χ2n) is 29.4.